The van der Waals surface area contributed by atoms with Gasteiger partial charge in [0, 0.05) is 18.3 Å². The van der Waals surface area contributed by atoms with Crippen molar-refractivity contribution in [1.29, 1.82) is 0 Å². The molecule has 0 amide bonds. The van der Waals surface area contributed by atoms with Crippen LogP contribution in [-0.4, -0.2) is 238 Å². The van der Waals surface area contributed by atoms with Crippen LogP contribution in [0.25, 0.3) is 0 Å². The molecule has 438 valence electrons. The average Bonchev–Trinajstić information content (AvgIpc) is 3.74. The minimum atomic E-state index is -1.86. The van der Waals surface area contributed by atoms with E-state index < -0.39 is 187 Å². The van der Waals surface area contributed by atoms with Crippen molar-refractivity contribution in [3.8, 4) is 0 Å². The topological polar surface area (TPSA) is 374 Å². The summed E-state index contributed by atoms with van der Waals surface area (Å²) in [6.07, 6.45) is -23.4. The first-order chi connectivity index (χ1) is 35.4. The first-order valence-corrected chi connectivity index (χ1v) is 27.2. The zero-order valence-corrected chi connectivity index (χ0v) is 44.9. The van der Waals surface area contributed by atoms with Gasteiger partial charge < -0.3 is 109 Å². The SMILES string of the molecule is C[C@@H]1O[C@@H](O[C@H]2[C@H](O[C@H]3CC[C@]4(C)[C@H]5CC(=O)[C@@H]6[C@@H]([C@@](O)(CC=CC(C)(C)O)CO[C@@H]7O[C@H](CO)[C@@H](O)[C@H](O)[C@H]7O)CC[C@@]6(C)[C@]5(C)CC[C@H]4C3(C)C)OC[C@H](O)[C@@H]2O[C@@H]2O[C@H](CO)[C@@H](O)[C@H](O)[C@H]2O)[C@H](O)[C@H](O)[C@H]1O. The number of carbonyl (C=O) groups is 1. The first kappa shape index (κ1) is 60.6. The molecule has 4 saturated carbocycles. The Kier molecular flexibility index (Phi) is 17.8. The van der Waals surface area contributed by atoms with Gasteiger partial charge in [0.25, 0.3) is 0 Å². The van der Waals surface area contributed by atoms with Crippen LogP contribution in [-0.2, 0) is 42.7 Å². The van der Waals surface area contributed by atoms with Crippen molar-refractivity contribution in [2.75, 3.05) is 26.4 Å². The normalized spacial score (nSPS) is 51.7. The van der Waals surface area contributed by atoms with Gasteiger partial charge in [-0.3, -0.25) is 4.79 Å². The molecule has 0 aromatic carbocycles. The zero-order chi connectivity index (χ0) is 56.0. The molecule has 4 aliphatic carbocycles. The molecule has 4 heterocycles. The molecule has 0 unspecified atom stereocenters. The van der Waals surface area contributed by atoms with Crippen LogP contribution in [0.3, 0.4) is 0 Å². The fourth-order valence-electron chi connectivity index (χ4n) is 15.5. The van der Waals surface area contributed by atoms with Gasteiger partial charge in [0.2, 0.25) is 0 Å². The minimum Gasteiger partial charge on any atom is -0.394 e. The summed E-state index contributed by atoms with van der Waals surface area (Å²) in [6, 6.07) is 0. The summed E-state index contributed by atoms with van der Waals surface area (Å²) in [5, 5.41) is 151. The third-order valence-electron chi connectivity index (χ3n) is 20.1. The number of ether oxygens (including phenoxy) is 8. The highest BCUT2D eigenvalue weighted by molar-refractivity contribution is 5.84. The first-order valence-electron chi connectivity index (χ1n) is 27.2. The Morgan fingerprint density at radius 3 is 1.79 bits per heavy atom. The number of rotatable bonds is 15. The maximum absolute atomic E-state index is 15.2. The molecule has 0 aromatic rings. The second-order valence-electron chi connectivity index (χ2n) is 25.5. The summed E-state index contributed by atoms with van der Waals surface area (Å²) < 4.78 is 48.7. The molecule has 0 radical (unpaired) electrons. The molecule has 23 heteroatoms. The highest BCUT2D eigenvalue weighted by atomic mass is 16.8. The molecule has 8 fully saturated rings. The number of aliphatic hydroxyl groups is 14. The van der Waals surface area contributed by atoms with Crippen LogP contribution < -0.4 is 0 Å². The zero-order valence-electron chi connectivity index (χ0n) is 44.9. The van der Waals surface area contributed by atoms with E-state index in [0.29, 0.717) is 25.7 Å². The van der Waals surface area contributed by atoms with E-state index in [9.17, 15) is 71.5 Å². The predicted octanol–water partition coefficient (Wildman–Crippen LogP) is -2.38. The summed E-state index contributed by atoms with van der Waals surface area (Å²) in [5.41, 5.74) is -5.03. The Morgan fingerprint density at radius 2 is 1.18 bits per heavy atom. The van der Waals surface area contributed by atoms with E-state index in [-0.39, 0.29) is 37.1 Å². The van der Waals surface area contributed by atoms with Crippen LogP contribution >= 0.6 is 0 Å². The van der Waals surface area contributed by atoms with Crippen LogP contribution in [0.15, 0.2) is 12.2 Å². The molecule has 28 atom stereocenters. The third kappa shape index (κ3) is 10.7. The molecule has 23 nitrogen and oxygen atoms in total. The quantitative estimate of drug-likeness (QED) is 0.0601. The fourth-order valence-corrected chi connectivity index (χ4v) is 15.5. The van der Waals surface area contributed by atoms with Gasteiger partial charge in [-0.25, -0.2) is 0 Å². The van der Waals surface area contributed by atoms with Gasteiger partial charge in [-0.05, 0) is 99.2 Å². The van der Waals surface area contributed by atoms with Crippen molar-refractivity contribution in [3.05, 3.63) is 12.2 Å². The summed E-state index contributed by atoms with van der Waals surface area (Å²) in [6.45, 7) is 13.3. The van der Waals surface area contributed by atoms with Crippen LogP contribution in [0.5, 0.6) is 0 Å². The van der Waals surface area contributed by atoms with Crippen LogP contribution in [0.2, 0.25) is 0 Å². The summed E-state index contributed by atoms with van der Waals surface area (Å²) >= 11 is 0. The van der Waals surface area contributed by atoms with Crippen LogP contribution in [0.4, 0.5) is 0 Å². The smallest absolute Gasteiger partial charge is 0.187 e. The molecule has 0 spiro atoms. The van der Waals surface area contributed by atoms with Gasteiger partial charge in [0.1, 0.15) is 91.2 Å². The van der Waals surface area contributed by atoms with Gasteiger partial charge >= 0.3 is 0 Å². The molecular formula is C53H88O23. The second-order valence-corrected chi connectivity index (χ2v) is 25.5. The Labute approximate surface area is 443 Å². The van der Waals surface area contributed by atoms with Crippen molar-refractivity contribution < 1.29 is 114 Å². The average molecular weight is 1090 g/mol. The number of hydrogen-bond acceptors (Lipinski definition) is 23. The number of ketones is 1. The Morgan fingerprint density at radius 1 is 0.632 bits per heavy atom. The molecule has 8 aliphatic rings. The molecule has 8 rings (SSSR count). The van der Waals surface area contributed by atoms with Crippen molar-refractivity contribution in [1.82, 2.24) is 0 Å². The third-order valence-corrected chi connectivity index (χ3v) is 20.1. The van der Waals surface area contributed by atoms with Crippen molar-refractivity contribution >= 4 is 5.78 Å². The van der Waals surface area contributed by atoms with E-state index in [1.165, 1.54) is 6.92 Å². The van der Waals surface area contributed by atoms with Gasteiger partial charge in [-0.1, -0.05) is 46.8 Å². The Hall–Kier alpha value is -1.47. The second kappa shape index (κ2) is 22.4. The lowest BCUT2D eigenvalue weighted by molar-refractivity contribution is -0.388. The lowest BCUT2D eigenvalue weighted by atomic mass is 9.35. The van der Waals surface area contributed by atoms with E-state index in [1.807, 2.05) is 0 Å². The summed E-state index contributed by atoms with van der Waals surface area (Å²) in [5.74, 6) is -1.40. The van der Waals surface area contributed by atoms with Gasteiger partial charge in [0.05, 0.1) is 49.8 Å². The maximum atomic E-state index is 15.2. The standard InChI is InChI=1S/C53H88O23/c1-23-33(58)36(61)40(65)45(71-23)76-43-42(75-46-41(66)38(63)35(60)28(20-55)73-46)26(57)21-69-47(43)74-31-12-15-50(6)29(49(31,4)5)11-17-51(7)30(50)18-25(56)32-24(10-16-52(32,51)8)53(68,14-9-13-48(2,3)67)22-70-44-39(64)37(62)34(59)27(19-54)72-44/h9,13,23-24,26-47,54-55,57-68H,10-12,14-22H2,1-8H3/t23-,24-,26-,27+,28+,29-,30+,31-,32-,33-,34+,35+,36+,37-,38-,39+,40+,41+,42-,43+,44+,45-,46-,47-,50-,51+,52+,53+/m0/s1. The Bertz CT molecular complexity index is 2020. The molecule has 4 aliphatic heterocycles. The lowest BCUT2D eigenvalue weighted by Crippen LogP contribution is -2.67. The van der Waals surface area contributed by atoms with E-state index in [1.54, 1.807) is 26.0 Å². The van der Waals surface area contributed by atoms with E-state index >= 15 is 4.79 Å². The van der Waals surface area contributed by atoms with Crippen molar-refractivity contribution in [2.24, 2.45) is 45.3 Å². The maximum Gasteiger partial charge on any atom is 0.187 e. The summed E-state index contributed by atoms with van der Waals surface area (Å²) in [7, 11) is 0. The Balaban J connectivity index is 1.04. The van der Waals surface area contributed by atoms with Gasteiger partial charge in [-0.15, -0.1) is 0 Å². The highest BCUT2D eigenvalue weighted by Gasteiger charge is 2.72. The number of carbonyl (C=O) groups excluding carboxylic acids is 1. The largest absolute Gasteiger partial charge is 0.394 e. The number of Topliss-reactive ketones (excluding diaryl/α,β-unsaturated/α-hetero) is 1. The van der Waals surface area contributed by atoms with Crippen molar-refractivity contribution in [3.63, 3.8) is 0 Å². The molecule has 76 heavy (non-hydrogen) atoms. The molecule has 14 N–H and O–H groups in total. The fraction of sp³-hybridized carbons (Fsp3) is 0.943. The monoisotopic (exact) mass is 1090 g/mol. The van der Waals surface area contributed by atoms with Crippen LogP contribution in [0.1, 0.15) is 107 Å². The highest BCUT2D eigenvalue weighted by Crippen LogP contribution is 2.75. The van der Waals surface area contributed by atoms with E-state index in [4.69, 9.17) is 37.9 Å². The molecule has 4 saturated heterocycles. The minimum absolute atomic E-state index is 0.00179. The predicted molar refractivity (Wildman–Crippen MR) is 261 cm³/mol. The van der Waals surface area contributed by atoms with E-state index in [2.05, 4.69) is 34.6 Å². The van der Waals surface area contributed by atoms with Gasteiger partial charge in [0.15, 0.2) is 25.2 Å². The molecular weight excluding hydrogens is 1000 g/mol. The van der Waals surface area contributed by atoms with Crippen molar-refractivity contribution in [2.45, 2.75) is 241 Å². The summed E-state index contributed by atoms with van der Waals surface area (Å²) in [4.78, 5) is 15.2. The number of hydrogen-bond donors (Lipinski definition) is 14. The van der Waals surface area contributed by atoms with Crippen LogP contribution in [0, 0.1) is 45.3 Å². The van der Waals surface area contributed by atoms with Gasteiger partial charge in [-0.2, -0.15) is 0 Å². The molecule has 0 bridgehead atoms. The molecule has 0 aromatic heterocycles. The van der Waals surface area contributed by atoms with E-state index in [0.717, 1.165) is 12.8 Å². The number of aliphatic hydroxyl groups excluding tert-OH is 12. The number of fused-ring (bicyclic) bond motifs is 5. The lowest BCUT2D eigenvalue weighted by Gasteiger charge is -2.69.